The fraction of sp³-hybridized carbons (Fsp3) is 0.100. The van der Waals surface area contributed by atoms with Crippen molar-refractivity contribution in [2.45, 2.75) is 0 Å². The summed E-state index contributed by atoms with van der Waals surface area (Å²) in [6.07, 6.45) is 1.31. The number of aliphatic hydroxyl groups is 1. The van der Waals surface area contributed by atoms with E-state index in [2.05, 4.69) is 10.2 Å². The van der Waals surface area contributed by atoms with Crippen molar-refractivity contribution in [3.8, 4) is 5.75 Å². The van der Waals surface area contributed by atoms with E-state index in [-0.39, 0.29) is 29.8 Å². The van der Waals surface area contributed by atoms with Crippen LogP contribution in [-0.2, 0) is 24.0 Å². The van der Waals surface area contributed by atoms with Crippen LogP contribution in [0.1, 0.15) is 11.1 Å². The van der Waals surface area contributed by atoms with Crippen LogP contribution in [0.2, 0.25) is 5.02 Å². The van der Waals surface area contributed by atoms with Crippen molar-refractivity contribution in [3.05, 3.63) is 76.8 Å². The molecular formula is C20H18ClN2O5V-5. The Morgan fingerprint density at radius 3 is 2.31 bits per heavy atom. The fourth-order valence-electron chi connectivity index (χ4n) is 2.23. The third kappa shape index (κ3) is 8.25. The van der Waals surface area contributed by atoms with E-state index in [9.17, 15) is 10.2 Å². The van der Waals surface area contributed by atoms with Crippen molar-refractivity contribution in [2.24, 2.45) is 10.2 Å². The van der Waals surface area contributed by atoms with Gasteiger partial charge in [-0.05, 0) is 34.0 Å². The van der Waals surface area contributed by atoms with Crippen LogP contribution in [0.4, 0.5) is 0 Å². The van der Waals surface area contributed by atoms with Crippen LogP contribution in [0, 0.1) is 0 Å². The van der Waals surface area contributed by atoms with Crippen molar-refractivity contribution in [2.75, 3.05) is 14.2 Å². The molecule has 3 rings (SSSR count). The summed E-state index contributed by atoms with van der Waals surface area (Å²) in [6.45, 7) is 0. The van der Waals surface area contributed by atoms with E-state index in [1.807, 2.05) is 24.3 Å². The molecule has 0 saturated carbocycles. The van der Waals surface area contributed by atoms with E-state index in [0.29, 0.717) is 16.1 Å². The third-order valence-corrected chi connectivity index (χ3v) is 3.57. The molecule has 0 unspecified atom stereocenters. The third-order valence-electron chi connectivity index (χ3n) is 3.34. The molecule has 0 aliphatic heterocycles. The molecule has 29 heavy (non-hydrogen) atoms. The molecule has 0 spiro atoms. The van der Waals surface area contributed by atoms with E-state index in [1.54, 1.807) is 24.3 Å². The predicted molar refractivity (Wildman–Crippen MR) is 104 cm³/mol. The number of benzene rings is 3. The Morgan fingerprint density at radius 2 is 1.66 bits per heavy atom. The Labute approximate surface area is 185 Å². The SMILES string of the molecule is CO.C[O-].[O-2].[O-]/C(=N\N=C\c1c([O-])ccc2ccccc12)c1cccc(Cl)c1.[V]. The van der Waals surface area contributed by atoms with Crippen LogP contribution in [0.25, 0.3) is 10.8 Å². The normalized spacial score (nSPS) is 10.0. The average Bonchev–Trinajstić information content (AvgIpc) is 2.72. The van der Waals surface area contributed by atoms with Crippen molar-refractivity contribution in [1.82, 2.24) is 0 Å². The first-order valence-electron chi connectivity index (χ1n) is 7.73. The van der Waals surface area contributed by atoms with Gasteiger partial charge in [0.25, 0.3) is 0 Å². The number of nitrogens with zero attached hydrogens (tertiary/aromatic N) is 2. The van der Waals surface area contributed by atoms with Gasteiger partial charge in [0.1, 0.15) is 0 Å². The molecule has 0 aliphatic rings. The Hall–Kier alpha value is -2.39. The monoisotopic (exact) mass is 452 g/mol. The number of fused-ring (bicyclic) bond motifs is 1. The van der Waals surface area contributed by atoms with Crippen molar-refractivity contribution >= 4 is 34.5 Å². The molecule has 3 aromatic carbocycles. The summed E-state index contributed by atoms with van der Waals surface area (Å²) in [4.78, 5) is 0. The van der Waals surface area contributed by atoms with Crippen LogP contribution in [-0.4, -0.2) is 31.4 Å². The smallest absolute Gasteiger partial charge is 0.0567 e. The predicted octanol–water partition coefficient (Wildman–Crippen LogP) is 1.17. The maximum absolute atomic E-state index is 12.0. The van der Waals surface area contributed by atoms with Crippen molar-refractivity contribution in [3.63, 3.8) is 0 Å². The molecule has 9 heteroatoms. The van der Waals surface area contributed by atoms with Gasteiger partial charge in [-0.15, -0.1) is 0 Å². The van der Waals surface area contributed by atoms with Crippen LogP contribution in [0.3, 0.4) is 0 Å². The molecule has 0 aliphatic carbocycles. The first-order chi connectivity index (χ1) is 13.1. The van der Waals surface area contributed by atoms with E-state index in [4.69, 9.17) is 21.8 Å². The summed E-state index contributed by atoms with van der Waals surface area (Å²) in [5.41, 5.74) is 0.751. The Kier molecular flexibility index (Phi) is 15.4. The number of rotatable bonds is 3. The largest absolute Gasteiger partial charge is 2.00 e. The molecule has 0 bridgehead atoms. The van der Waals surface area contributed by atoms with E-state index >= 15 is 0 Å². The summed E-state index contributed by atoms with van der Waals surface area (Å²) in [7, 11) is 1.75. The minimum absolute atomic E-state index is 0. The topological polar surface area (TPSA) is 143 Å². The molecule has 0 amide bonds. The van der Waals surface area contributed by atoms with Gasteiger partial charge >= 0.3 is 0 Å². The zero-order valence-electron chi connectivity index (χ0n) is 15.7. The van der Waals surface area contributed by atoms with Crippen LogP contribution >= 0.6 is 11.6 Å². The van der Waals surface area contributed by atoms with E-state index < -0.39 is 5.90 Å². The molecule has 1 N–H and O–H groups in total. The van der Waals surface area contributed by atoms with Gasteiger partial charge < -0.3 is 25.9 Å². The summed E-state index contributed by atoms with van der Waals surface area (Å²) in [6, 6.07) is 17.1. The second kappa shape index (κ2) is 15.5. The number of aliphatic hydroxyl groups excluding tert-OH is 1. The van der Waals surface area contributed by atoms with Gasteiger partial charge in [0.05, 0.1) is 6.21 Å². The molecule has 155 valence electrons. The number of hydrogen-bond donors (Lipinski definition) is 1. The molecule has 3 aromatic rings. The van der Waals surface area contributed by atoms with Crippen LogP contribution < -0.4 is 15.3 Å². The maximum atomic E-state index is 12.0. The van der Waals surface area contributed by atoms with Gasteiger partial charge in [-0.25, -0.2) is 0 Å². The zero-order chi connectivity index (χ0) is 20.2. The van der Waals surface area contributed by atoms with Gasteiger partial charge in [-0.1, -0.05) is 65.9 Å². The Bertz CT molecular complexity index is 936. The Morgan fingerprint density at radius 1 is 1.00 bits per heavy atom. The van der Waals surface area contributed by atoms with Gasteiger partial charge in [0.15, 0.2) is 0 Å². The van der Waals surface area contributed by atoms with Gasteiger partial charge in [-0.2, -0.15) is 17.3 Å². The molecule has 0 atom stereocenters. The summed E-state index contributed by atoms with van der Waals surface area (Å²) in [5, 5.41) is 48.7. The molecular weight excluding hydrogens is 435 g/mol. The Balaban J connectivity index is 0. The van der Waals surface area contributed by atoms with Gasteiger partial charge in [0.2, 0.25) is 0 Å². The van der Waals surface area contributed by atoms with E-state index in [0.717, 1.165) is 25.0 Å². The average molecular weight is 453 g/mol. The second-order valence-corrected chi connectivity index (χ2v) is 5.30. The molecule has 7 nitrogen and oxygen atoms in total. The summed E-state index contributed by atoms with van der Waals surface area (Å²) < 4.78 is 0. The van der Waals surface area contributed by atoms with Crippen molar-refractivity contribution < 1.29 is 44.5 Å². The fourth-order valence-corrected chi connectivity index (χ4v) is 2.42. The first kappa shape index (κ1) is 28.8. The van der Waals surface area contributed by atoms with Crippen LogP contribution in [0.15, 0.2) is 70.9 Å². The second-order valence-electron chi connectivity index (χ2n) is 4.86. The maximum Gasteiger partial charge on any atom is 0.0567 e. The number of halogens is 1. The zero-order valence-corrected chi connectivity index (χ0v) is 17.8. The minimum Gasteiger partial charge on any atom is -2.00 e. The first-order valence-corrected chi connectivity index (χ1v) is 8.11. The van der Waals surface area contributed by atoms with Crippen molar-refractivity contribution in [1.29, 1.82) is 0 Å². The molecule has 0 fully saturated rings. The molecule has 0 aromatic heterocycles. The molecule has 1 radical (unpaired) electrons. The van der Waals surface area contributed by atoms with Gasteiger partial charge in [0, 0.05) is 36.6 Å². The van der Waals surface area contributed by atoms with Gasteiger partial charge in [-0.3, -0.25) is 0 Å². The summed E-state index contributed by atoms with van der Waals surface area (Å²) >= 11 is 5.83. The molecule has 0 saturated heterocycles. The minimum atomic E-state index is -0.517. The van der Waals surface area contributed by atoms with E-state index in [1.165, 1.54) is 18.3 Å². The molecule has 0 heterocycles. The standard InChI is InChI=1S/C18H13ClN2O2.CH4O.CH3O.O.V/c19-14-6-3-5-13(10-14)18(23)21-20-11-16-15-7-2-1-4-12(15)8-9-17(16)22;2*1-2;;/h1-11,22H,(H,21,23);2H,1H3;1H3;;/q;;-1;-2;/p-2/b20-11+;;;;. The number of hydrogen-bond acceptors (Lipinski definition) is 6. The summed E-state index contributed by atoms with van der Waals surface area (Å²) in [5.74, 6) is -0.686. The van der Waals surface area contributed by atoms with Crippen LogP contribution in [0.5, 0.6) is 5.75 Å². The quantitative estimate of drug-likeness (QED) is 0.361.